The van der Waals surface area contributed by atoms with Crippen LogP contribution in [-0.4, -0.2) is 57.1 Å². The first-order chi connectivity index (χ1) is 16.5. The van der Waals surface area contributed by atoms with Crippen molar-refractivity contribution in [1.82, 2.24) is 20.2 Å². The number of carbonyl (C=O) groups excluding carboxylic acids is 2. The topological polar surface area (TPSA) is 152 Å². The number of aryl methyl sites for hydroxylation is 1. The van der Waals surface area contributed by atoms with Gasteiger partial charge < -0.3 is 25.2 Å². The Morgan fingerprint density at radius 3 is 2.57 bits per heavy atom. The number of rotatable bonds is 7. The van der Waals surface area contributed by atoms with E-state index in [1.54, 1.807) is 27.7 Å². The van der Waals surface area contributed by atoms with Crippen molar-refractivity contribution in [2.75, 3.05) is 6.61 Å². The fourth-order valence-electron chi connectivity index (χ4n) is 3.81. The molecule has 0 radical (unpaired) electrons. The Balaban J connectivity index is 1.77. The second-order valence-electron chi connectivity index (χ2n) is 9.53. The van der Waals surface area contributed by atoms with Crippen LogP contribution in [0, 0.1) is 6.92 Å². The number of hydrogen-bond acceptors (Lipinski definition) is 7. The molecule has 0 spiro atoms. The molecule has 0 unspecified atom stereocenters. The summed E-state index contributed by atoms with van der Waals surface area (Å²) in [5, 5.41) is 15.3. The Labute approximate surface area is 202 Å². The van der Waals surface area contributed by atoms with Gasteiger partial charge in [0.25, 0.3) is 5.56 Å². The van der Waals surface area contributed by atoms with Gasteiger partial charge in [-0.15, -0.1) is 0 Å². The number of aliphatic hydroxyl groups excluding tert-OH is 1. The highest BCUT2D eigenvalue weighted by Gasteiger charge is 2.38. The standard InChI is InChI=1S/C24H32N4O7/c1-14-12-28(22(32)27-20(14)30)19-11-16(18(13-29)34-19)25-21(31)17(10-15-8-6-5-7-9-15)26-23(33)35-24(2,3)4/h5-9,12,16-19,29H,10-11,13H2,1-4H3,(H,25,31)(H,26,33)(H,27,30,32)/t16-,17-,18+,19+/m0/s1. The zero-order valence-electron chi connectivity index (χ0n) is 20.2. The summed E-state index contributed by atoms with van der Waals surface area (Å²) in [4.78, 5) is 51.8. The molecule has 35 heavy (non-hydrogen) atoms. The van der Waals surface area contributed by atoms with Crippen LogP contribution in [0.4, 0.5) is 4.79 Å². The summed E-state index contributed by atoms with van der Waals surface area (Å²) in [6.45, 7) is 6.33. The third-order valence-corrected chi connectivity index (χ3v) is 5.49. The van der Waals surface area contributed by atoms with Crippen molar-refractivity contribution in [1.29, 1.82) is 0 Å². The van der Waals surface area contributed by atoms with Crippen LogP contribution in [0.25, 0.3) is 0 Å². The highest BCUT2D eigenvalue weighted by Crippen LogP contribution is 2.27. The normalized spacial score (nSPS) is 20.8. The van der Waals surface area contributed by atoms with Gasteiger partial charge in [-0.2, -0.15) is 0 Å². The largest absolute Gasteiger partial charge is 0.444 e. The lowest BCUT2D eigenvalue weighted by Gasteiger charge is -2.25. The van der Waals surface area contributed by atoms with E-state index in [-0.39, 0.29) is 12.8 Å². The molecular formula is C24H32N4O7. The van der Waals surface area contributed by atoms with Gasteiger partial charge in [0.1, 0.15) is 24.0 Å². The molecule has 190 valence electrons. The van der Waals surface area contributed by atoms with Crippen molar-refractivity contribution < 1.29 is 24.2 Å². The molecular weight excluding hydrogens is 456 g/mol. The van der Waals surface area contributed by atoms with Crippen LogP contribution < -0.4 is 21.9 Å². The summed E-state index contributed by atoms with van der Waals surface area (Å²) < 4.78 is 12.3. The third-order valence-electron chi connectivity index (χ3n) is 5.49. The average molecular weight is 489 g/mol. The maximum Gasteiger partial charge on any atom is 0.408 e. The van der Waals surface area contributed by atoms with E-state index in [1.165, 1.54) is 10.8 Å². The van der Waals surface area contributed by atoms with Gasteiger partial charge >= 0.3 is 11.8 Å². The Morgan fingerprint density at radius 2 is 1.94 bits per heavy atom. The van der Waals surface area contributed by atoms with Gasteiger partial charge in [0, 0.05) is 24.6 Å². The van der Waals surface area contributed by atoms with Crippen molar-refractivity contribution >= 4 is 12.0 Å². The molecule has 0 bridgehead atoms. The van der Waals surface area contributed by atoms with Crippen LogP contribution in [0.1, 0.15) is 44.5 Å². The van der Waals surface area contributed by atoms with Gasteiger partial charge in [-0.1, -0.05) is 30.3 Å². The molecule has 4 N–H and O–H groups in total. The molecule has 1 saturated heterocycles. The first-order valence-corrected chi connectivity index (χ1v) is 11.4. The molecule has 2 amide bonds. The van der Waals surface area contributed by atoms with Crippen LogP contribution in [0.2, 0.25) is 0 Å². The minimum Gasteiger partial charge on any atom is -0.444 e. The van der Waals surface area contributed by atoms with Crippen LogP contribution >= 0.6 is 0 Å². The number of aliphatic hydroxyl groups is 1. The maximum absolute atomic E-state index is 13.2. The Bertz CT molecular complexity index is 1150. The summed E-state index contributed by atoms with van der Waals surface area (Å²) >= 11 is 0. The van der Waals surface area contributed by atoms with E-state index in [0.29, 0.717) is 5.56 Å². The molecule has 1 aliphatic rings. The number of nitrogens with one attached hydrogen (secondary N) is 3. The van der Waals surface area contributed by atoms with Crippen LogP contribution in [0.15, 0.2) is 46.1 Å². The number of alkyl carbamates (subject to hydrolysis) is 1. The lowest BCUT2D eigenvalue weighted by Crippen LogP contribution is -2.53. The number of amides is 2. The Hall–Kier alpha value is -3.44. The second kappa shape index (κ2) is 10.9. The lowest BCUT2D eigenvalue weighted by atomic mass is 10.0. The molecule has 1 aromatic heterocycles. The second-order valence-corrected chi connectivity index (χ2v) is 9.53. The van der Waals surface area contributed by atoms with E-state index in [1.807, 2.05) is 30.3 Å². The molecule has 2 aromatic rings. The molecule has 2 heterocycles. The van der Waals surface area contributed by atoms with Gasteiger partial charge in [0.2, 0.25) is 5.91 Å². The van der Waals surface area contributed by atoms with Crippen LogP contribution in [0.5, 0.6) is 0 Å². The summed E-state index contributed by atoms with van der Waals surface area (Å²) in [5.41, 5.74) is -0.731. The van der Waals surface area contributed by atoms with E-state index in [9.17, 15) is 24.3 Å². The number of carbonyl (C=O) groups is 2. The summed E-state index contributed by atoms with van der Waals surface area (Å²) in [6.07, 6.45) is -0.554. The van der Waals surface area contributed by atoms with Crippen LogP contribution in [-0.2, 0) is 20.7 Å². The van der Waals surface area contributed by atoms with E-state index < -0.39 is 59.9 Å². The number of hydrogen-bond donors (Lipinski definition) is 4. The molecule has 11 heteroatoms. The minimum atomic E-state index is -0.955. The highest BCUT2D eigenvalue weighted by molar-refractivity contribution is 5.86. The zero-order valence-corrected chi connectivity index (χ0v) is 20.2. The Kier molecular flexibility index (Phi) is 8.13. The quantitative estimate of drug-likeness (QED) is 0.449. The van der Waals surface area contributed by atoms with E-state index >= 15 is 0 Å². The van der Waals surface area contributed by atoms with Crippen molar-refractivity contribution in [2.45, 2.75) is 70.6 Å². The van der Waals surface area contributed by atoms with Gasteiger partial charge in [0.15, 0.2) is 0 Å². The molecule has 4 atom stereocenters. The van der Waals surface area contributed by atoms with Gasteiger partial charge in [0.05, 0.1) is 12.6 Å². The number of aromatic amines is 1. The molecule has 0 aliphatic carbocycles. The first kappa shape index (κ1) is 26.2. The number of H-pyrrole nitrogens is 1. The fraction of sp³-hybridized carbons (Fsp3) is 0.500. The molecule has 3 rings (SSSR count). The van der Waals surface area contributed by atoms with Gasteiger partial charge in [-0.25, -0.2) is 9.59 Å². The molecule has 11 nitrogen and oxygen atoms in total. The van der Waals surface area contributed by atoms with Gasteiger partial charge in [-0.05, 0) is 33.3 Å². The summed E-state index contributed by atoms with van der Waals surface area (Å²) in [6, 6.07) is 7.60. The summed E-state index contributed by atoms with van der Waals surface area (Å²) in [5.74, 6) is -0.489. The highest BCUT2D eigenvalue weighted by atomic mass is 16.6. The molecule has 1 aromatic carbocycles. The number of nitrogens with zero attached hydrogens (tertiary/aromatic N) is 1. The first-order valence-electron chi connectivity index (χ1n) is 11.4. The number of benzene rings is 1. The Morgan fingerprint density at radius 1 is 1.26 bits per heavy atom. The SMILES string of the molecule is Cc1cn([C@H]2C[C@H](NC(=O)[C@H](Cc3ccccc3)NC(=O)OC(C)(C)C)[C@@H](CO)O2)c(=O)[nH]c1=O. The van der Waals surface area contributed by atoms with Crippen molar-refractivity contribution in [2.24, 2.45) is 0 Å². The van der Waals surface area contributed by atoms with Crippen LogP contribution in [0.3, 0.4) is 0 Å². The molecule has 1 fully saturated rings. The minimum absolute atomic E-state index is 0.173. The van der Waals surface area contributed by atoms with Crippen molar-refractivity contribution in [3.8, 4) is 0 Å². The molecule has 0 saturated carbocycles. The fourth-order valence-corrected chi connectivity index (χ4v) is 3.81. The van der Waals surface area contributed by atoms with Crippen molar-refractivity contribution in [3.63, 3.8) is 0 Å². The smallest absolute Gasteiger partial charge is 0.408 e. The molecule has 1 aliphatic heterocycles. The predicted molar refractivity (Wildman–Crippen MR) is 127 cm³/mol. The number of ether oxygens (including phenoxy) is 2. The maximum atomic E-state index is 13.2. The van der Waals surface area contributed by atoms with Crippen molar-refractivity contribution in [3.05, 3.63) is 68.5 Å². The monoisotopic (exact) mass is 488 g/mol. The lowest BCUT2D eigenvalue weighted by molar-refractivity contribution is -0.124. The summed E-state index contributed by atoms with van der Waals surface area (Å²) in [7, 11) is 0. The van der Waals surface area contributed by atoms with E-state index in [2.05, 4.69) is 15.6 Å². The third kappa shape index (κ3) is 7.03. The zero-order chi connectivity index (χ0) is 25.8. The predicted octanol–water partition coefficient (Wildman–Crippen LogP) is 0.746. The number of aromatic nitrogens is 2. The van der Waals surface area contributed by atoms with Gasteiger partial charge in [-0.3, -0.25) is 19.1 Å². The van der Waals surface area contributed by atoms with E-state index in [0.717, 1.165) is 5.56 Å². The average Bonchev–Trinajstić information content (AvgIpc) is 3.17. The van der Waals surface area contributed by atoms with E-state index in [4.69, 9.17) is 9.47 Å².